The lowest BCUT2D eigenvalue weighted by Crippen LogP contribution is -2.30. The van der Waals surface area contributed by atoms with E-state index in [9.17, 15) is 17.6 Å². The molecule has 1 amide bonds. The maximum atomic E-state index is 14.0. The molecule has 0 bridgehead atoms. The Labute approximate surface area is 124 Å². The van der Waals surface area contributed by atoms with Crippen LogP contribution in [0.3, 0.4) is 0 Å². The van der Waals surface area contributed by atoms with Crippen molar-refractivity contribution in [1.29, 1.82) is 0 Å². The van der Waals surface area contributed by atoms with Crippen LogP contribution in [0.5, 0.6) is 0 Å². The summed E-state index contributed by atoms with van der Waals surface area (Å²) in [5, 5.41) is 5.09. The van der Waals surface area contributed by atoms with Gasteiger partial charge in [-0.05, 0) is 42.9 Å². The first kappa shape index (κ1) is 15.9. The summed E-state index contributed by atoms with van der Waals surface area (Å²) in [5.41, 5.74) is -0.0783. The van der Waals surface area contributed by atoms with E-state index in [0.29, 0.717) is 18.4 Å². The maximum Gasteiger partial charge on any atom is 0.256 e. The highest BCUT2D eigenvalue weighted by atomic mass is 32.2. The summed E-state index contributed by atoms with van der Waals surface area (Å²) in [6.45, 7) is 4.07. The monoisotopic (exact) mass is 314 g/mol. The third kappa shape index (κ3) is 3.41. The molecule has 0 aromatic heterocycles. The Morgan fingerprint density at radius 3 is 2.52 bits per heavy atom. The van der Waals surface area contributed by atoms with Crippen LogP contribution in [0.2, 0.25) is 0 Å². The number of rotatable bonds is 4. The average Bonchev–Trinajstić information content (AvgIpc) is 3.02. The molecule has 2 unspecified atom stereocenters. The molecular weight excluding hydrogens is 295 g/mol. The molecule has 0 radical (unpaired) electrons. The van der Waals surface area contributed by atoms with Gasteiger partial charge in [0.15, 0.2) is 0 Å². The number of sulfonamides is 1. The van der Waals surface area contributed by atoms with Crippen molar-refractivity contribution in [2.75, 3.05) is 13.6 Å². The van der Waals surface area contributed by atoms with Crippen LogP contribution in [0, 0.1) is 24.6 Å². The van der Waals surface area contributed by atoms with E-state index in [0.717, 1.165) is 18.6 Å². The minimum absolute atomic E-state index is 0.185. The predicted octanol–water partition coefficient (Wildman–Crippen LogP) is 1.51. The van der Waals surface area contributed by atoms with Crippen molar-refractivity contribution in [3.05, 3.63) is 29.1 Å². The van der Waals surface area contributed by atoms with E-state index in [2.05, 4.69) is 6.92 Å². The molecule has 1 aliphatic carbocycles. The van der Waals surface area contributed by atoms with Gasteiger partial charge in [0, 0.05) is 13.6 Å². The molecule has 0 heterocycles. The van der Waals surface area contributed by atoms with E-state index in [4.69, 9.17) is 5.14 Å². The van der Waals surface area contributed by atoms with Crippen LogP contribution in [-0.4, -0.2) is 32.8 Å². The molecule has 0 aliphatic heterocycles. The standard InChI is InChI=1S/C14H19FN2O3S/c1-8-4-10(8)7-17(3)14(18)11-6-13(21(16,19)20)9(2)5-12(11)15/h5-6,8,10H,4,7H2,1-3H3,(H2,16,19,20). The van der Waals surface area contributed by atoms with Gasteiger partial charge in [-0.15, -0.1) is 0 Å². The topological polar surface area (TPSA) is 80.5 Å². The molecule has 5 nitrogen and oxygen atoms in total. The summed E-state index contributed by atoms with van der Waals surface area (Å²) < 4.78 is 36.9. The van der Waals surface area contributed by atoms with Gasteiger partial charge in [-0.2, -0.15) is 0 Å². The van der Waals surface area contributed by atoms with Crippen molar-refractivity contribution in [3.8, 4) is 0 Å². The van der Waals surface area contributed by atoms with Gasteiger partial charge >= 0.3 is 0 Å². The molecule has 1 aromatic rings. The van der Waals surface area contributed by atoms with Crippen LogP contribution in [-0.2, 0) is 10.0 Å². The predicted molar refractivity (Wildman–Crippen MR) is 76.7 cm³/mol. The second kappa shape index (κ2) is 5.38. The number of carbonyl (C=O) groups is 1. The van der Waals surface area contributed by atoms with Gasteiger partial charge in [0.1, 0.15) is 5.82 Å². The summed E-state index contributed by atoms with van der Waals surface area (Å²) >= 11 is 0. The molecule has 2 N–H and O–H groups in total. The fourth-order valence-corrected chi connectivity index (χ4v) is 3.21. The van der Waals surface area contributed by atoms with Crippen LogP contribution in [0.4, 0.5) is 4.39 Å². The fraction of sp³-hybridized carbons (Fsp3) is 0.500. The molecule has 1 saturated carbocycles. The molecule has 21 heavy (non-hydrogen) atoms. The Morgan fingerprint density at radius 2 is 2.05 bits per heavy atom. The first-order valence-electron chi connectivity index (χ1n) is 6.69. The minimum Gasteiger partial charge on any atom is -0.341 e. The number of amides is 1. The van der Waals surface area contributed by atoms with Crippen molar-refractivity contribution >= 4 is 15.9 Å². The van der Waals surface area contributed by atoms with E-state index in [1.165, 1.54) is 11.8 Å². The number of benzene rings is 1. The largest absolute Gasteiger partial charge is 0.341 e. The third-order valence-electron chi connectivity index (χ3n) is 3.93. The zero-order chi connectivity index (χ0) is 15.9. The van der Waals surface area contributed by atoms with E-state index in [1.807, 2.05) is 0 Å². The minimum atomic E-state index is -3.99. The van der Waals surface area contributed by atoms with Crippen LogP contribution in [0.1, 0.15) is 29.3 Å². The number of aryl methyl sites for hydroxylation is 1. The summed E-state index contributed by atoms with van der Waals surface area (Å²) in [5.74, 6) is -0.259. The fourth-order valence-electron chi connectivity index (χ4n) is 2.42. The normalized spacial score (nSPS) is 21.2. The van der Waals surface area contributed by atoms with E-state index < -0.39 is 21.7 Å². The van der Waals surface area contributed by atoms with E-state index in [-0.39, 0.29) is 16.0 Å². The Bertz CT molecular complexity index is 688. The van der Waals surface area contributed by atoms with Crippen LogP contribution < -0.4 is 5.14 Å². The molecule has 7 heteroatoms. The molecule has 1 aromatic carbocycles. The smallest absolute Gasteiger partial charge is 0.256 e. The number of nitrogens with zero attached hydrogens (tertiary/aromatic N) is 1. The van der Waals surface area contributed by atoms with Crippen molar-refractivity contribution in [2.45, 2.75) is 25.2 Å². The number of hydrogen-bond acceptors (Lipinski definition) is 3. The summed E-state index contributed by atoms with van der Waals surface area (Å²) in [6.07, 6.45) is 1.05. The van der Waals surface area contributed by atoms with Crippen molar-refractivity contribution in [1.82, 2.24) is 4.90 Å². The molecule has 0 spiro atoms. The third-order valence-corrected chi connectivity index (χ3v) is 4.99. The number of hydrogen-bond donors (Lipinski definition) is 1. The van der Waals surface area contributed by atoms with Gasteiger partial charge in [0.25, 0.3) is 5.91 Å². The summed E-state index contributed by atoms with van der Waals surface area (Å²) in [7, 11) is -2.40. The number of primary sulfonamides is 1. The highest BCUT2D eigenvalue weighted by Crippen LogP contribution is 2.38. The number of carbonyl (C=O) groups excluding carboxylic acids is 1. The van der Waals surface area contributed by atoms with Gasteiger partial charge in [-0.3, -0.25) is 4.79 Å². The van der Waals surface area contributed by atoms with Gasteiger partial charge in [0.05, 0.1) is 10.5 Å². The Hall–Kier alpha value is -1.47. The summed E-state index contributed by atoms with van der Waals surface area (Å²) in [4.78, 5) is 13.5. The van der Waals surface area contributed by atoms with Crippen LogP contribution in [0.15, 0.2) is 17.0 Å². The first-order chi connectivity index (χ1) is 9.61. The molecule has 2 atom stereocenters. The van der Waals surface area contributed by atoms with Gasteiger partial charge in [-0.25, -0.2) is 17.9 Å². The van der Waals surface area contributed by atoms with Gasteiger partial charge in [-0.1, -0.05) is 6.92 Å². The molecule has 2 rings (SSSR count). The molecule has 116 valence electrons. The van der Waals surface area contributed by atoms with Crippen LogP contribution in [0.25, 0.3) is 0 Å². The van der Waals surface area contributed by atoms with Gasteiger partial charge in [0.2, 0.25) is 10.0 Å². The van der Waals surface area contributed by atoms with E-state index >= 15 is 0 Å². The molecular formula is C14H19FN2O3S. The summed E-state index contributed by atoms with van der Waals surface area (Å²) in [6, 6.07) is 2.05. The second-order valence-corrected chi connectivity index (χ2v) is 7.33. The number of nitrogens with two attached hydrogens (primary N) is 1. The lowest BCUT2D eigenvalue weighted by atomic mass is 10.1. The number of halogens is 1. The highest BCUT2D eigenvalue weighted by Gasteiger charge is 2.34. The van der Waals surface area contributed by atoms with Crippen molar-refractivity contribution in [2.24, 2.45) is 17.0 Å². The Balaban J connectivity index is 2.32. The lowest BCUT2D eigenvalue weighted by Gasteiger charge is -2.18. The highest BCUT2D eigenvalue weighted by molar-refractivity contribution is 7.89. The average molecular weight is 314 g/mol. The maximum absolute atomic E-state index is 14.0. The van der Waals surface area contributed by atoms with Crippen molar-refractivity contribution < 1.29 is 17.6 Å². The van der Waals surface area contributed by atoms with Gasteiger partial charge < -0.3 is 4.90 Å². The molecule has 1 fully saturated rings. The zero-order valence-electron chi connectivity index (χ0n) is 12.3. The Kier molecular flexibility index (Phi) is 4.08. The van der Waals surface area contributed by atoms with Crippen LogP contribution >= 0.6 is 0 Å². The van der Waals surface area contributed by atoms with E-state index in [1.54, 1.807) is 7.05 Å². The molecule has 1 aliphatic rings. The quantitative estimate of drug-likeness (QED) is 0.914. The van der Waals surface area contributed by atoms with Crippen molar-refractivity contribution in [3.63, 3.8) is 0 Å². The molecule has 0 saturated heterocycles. The SMILES string of the molecule is Cc1cc(F)c(C(=O)N(C)CC2CC2C)cc1S(N)(=O)=O. The zero-order valence-corrected chi connectivity index (χ0v) is 13.1. The second-order valence-electron chi connectivity index (χ2n) is 5.80. The lowest BCUT2D eigenvalue weighted by molar-refractivity contribution is 0.0782. The first-order valence-corrected chi connectivity index (χ1v) is 8.24. The Morgan fingerprint density at radius 1 is 1.48 bits per heavy atom.